The van der Waals surface area contributed by atoms with Crippen LogP contribution in [0.15, 0.2) is 53.5 Å². The molecule has 2 unspecified atom stereocenters. The molecule has 2 aliphatic carbocycles. The molecule has 3 rings (SSSR count). The van der Waals surface area contributed by atoms with E-state index in [1.807, 2.05) is 0 Å². The molecule has 0 amide bonds. The lowest BCUT2D eigenvalue weighted by Crippen LogP contribution is -2.14. The van der Waals surface area contributed by atoms with Crippen molar-refractivity contribution in [2.75, 3.05) is 0 Å². The molecular formula is C35H51NS. The molecule has 1 aromatic heterocycles. The third-order valence-corrected chi connectivity index (χ3v) is 8.85. The number of rotatable bonds is 11. The summed E-state index contributed by atoms with van der Waals surface area (Å²) in [6.07, 6.45) is 20.7. The van der Waals surface area contributed by atoms with Crippen molar-refractivity contribution >= 4 is 22.5 Å². The van der Waals surface area contributed by atoms with Crippen molar-refractivity contribution in [2.45, 2.75) is 112 Å². The van der Waals surface area contributed by atoms with E-state index in [2.05, 4.69) is 77.1 Å². The lowest BCUT2D eigenvalue weighted by atomic mass is 9.80. The average Bonchev–Trinajstić information content (AvgIpc) is 3.52. The first kappa shape index (κ1) is 31.1. The van der Waals surface area contributed by atoms with Crippen LogP contribution in [-0.4, -0.2) is 4.98 Å². The van der Waals surface area contributed by atoms with Gasteiger partial charge in [-0.3, -0.25) is 0 Å². The van der Waals surface area contributed by atoms with Gasteiger partial charge in [-0.2, -0.15) is 0 Å². The van der Waals surface area contributed by atoms with E-state index in [1.165, 1.54) is 103 Å². The zero-order chi connectivity index (χ0) is 27.2. The topological polar surface area (TPSA) is 12.9 Å². The fourth-order valence-electron chi connectivity index (χ4n) is 5.79. The summed E-state index contributed by atoms with van der Waals surface area (Å²) in [5.74, 6) is 7.23. The van der Waals surface area contributed by atoms with E-state index >= 15 is 0 Å². The normalized spacial score (nSPS) is 18.9. The average molecular weight is 518 g/mol. The Morgan fingerprint density at radius 3 is 2.54 bits per heavy atom. The van der Waals surface area contributed by atoms with Crippen molar-refractivity contribution in [3.05, 3.63) is 64.2 Å². The van der Waals surface area contributed by atoms with Gasteiger partial charge in [0.2, 0.25) is 0 Å². The van der Waals surface area contributed by atoms with Gasteiger partial charge in [0, 0.05) is 11.3 Å². The quantitative estimate of drug-likeness (QED) is 0.266. The molecule has 0 saturated heterocycles. The van der Waals surface area contributed by atoms with E-state index in [4.69, 9.17) is 4.98 Å². The summed E-state index contributed by atoms with van der Waals surface area (Å²) >= 11 is 1.80. The highest BCUT2D eigenvalue weighted by molar-refractivity contribution is 7.10. The third-order valence-electron chi connectivity index (χ3n) is 7.87. The molecule has 1 saturated carbocycles. The highest BCUT2D eigenvalue weighted by atomic mass is 32.1. The highest BCUT2D eigenvalue weighted by Gasteiger charge is 2.32. The molecule has 1 heterocycles. The molecule has 2 aliphatic rings. The molecule has 0 N–H and O–H groups in total. The Hall–Kier alpha value is -2.11. The summed E-state index contributed by atoms with van der Waals surface area (Å²) < 4.78 is 0. The SMILES string of the molecule is C=C(CC1CCCCC1)C1=C(C)C(C(C)CCCC)C(c2csc(/C(C)=C/CCC)n2)=C1.C=CC#CC. The summed E-state index contributed by atoms with van der Waals surface area (Å²) in [4.78, 5) is 5.13. The van der Waals surface area contributed by atoms with Crippen molar-refractivity contribution in [3.63, 3.8) is 0 Å². The van der Waals surface area contributed by atoms with Gasteiger partial charge in [0.25, 0.3) is 0 Å². The fourth-order valence-corrected chi connectivity index (χ4v) is 6.62. The highest BCUT2D eigenvalue weighted by Crippen LogP contribution is 2.47. The fraction of sp³-hybridized carbons (Fsp3) is 0.571. The van der Waals surface area contributed by atoms with Gasteiger partial charge >= 0.3 is 0 Å². The summed E-state index contributed by atoms with van der Waals surface area (Å²) in [6, 6.07) is 0. The Balaban J connectivity index is 0.000000877. The van der Waals surface area contributed by atoms with Crippen LogP contribution in [0.4, 0.5) is 0 Å². The van der Waals surface area contributed by atoms with Gasteiger partial charge in [-0.05, 0) is 86.3 Å². The molecule has 0 aliphatic heterocycles. The molecule has 2 heteroatoms. The lowest BCUT2D eigenvalue weighted by molar-refractivity contribution is 0.357. The molecule has 202 valence electrons. The Morgan fingerprint density at radius 1 is 1.22 bits per heavy atom. The molecule has 0 radical (unpaired) electrons. The van der Waals surface area contributed by atoms with Crippen LogP contribution in [0.5, 0.6) is 0 Å². The van der Waals surface area contributed by atoms with E-state index < -0.39 is 0 Å². The molecule has 37 heavy (non-hydrogen) atoms. The van der Waals surface area contributed by atoms with E-state index in [0.29, 0.717) is 11.8 Å². The van der Waals surface area contributed by atoms with Crippen LogP contribution in [0.25, 0.3) is 11.1 Å². The standard InChI is InChI=1S/C30H45NS.C5H6/c1-7-9-14-21(3)29-24(6)26(23(5)18-25-16-12-11-13-17-25)19-27(29)28-20-32-30(31-28)22(4)15-10-8-2;1-3-5-4-2/h15,19-21,25,29H,5,7-14,16-18H2,1-4,6H3;3H,1H2,2H3/b22-15+;. The number of unbranched alkanes of at least 4 members (excludes halogenated alkanes) is 2. The van der Waals surface area contributed by atoms with Gasteiger partial charge in [0.05, 0.1) is 5.69 Å². The van der Waals surface area contributed by atoms with Crippen LogP contribution in [0.2, 0.25) is 0 Å². The van der Waals surface area contributed by atoms with Gasteiger partial charge in [0.15, 0.2) is 0 Å². The van der Waals surface area contributed by atoms with E-state index in [9.17, 15) is 0 Å². The minimum Gasteiger partial charge on any atom is -0.237 e. The maximum atomic E-state index is 5.13. The number of hydrogen-bond acceptors (Lipinski definition) is 2. The van der Waals surface area contributed by atoms with E-state index in [1.54, 1.807) is 24.3 Å². The second-order valence-corrected chi connectivity index (χ2v) is 11.8. The van der Waals surface area contributed by atoms with Crippen LogP contribution in [0.1, 0.15) is 123 Å². The summed E-state index contributed by atoms with van der Waals surface area (Å²) in [7, 11) is 0. The Labute approximate surface area is 233 Å². The number of hydrogen-bond donors (Lipinski definition) is 0. The first-order valence-corrected chi connectivity index (χ1v) is 15.5. The van der Waals surface area contributed by atoms with Gasteiger partial charge < -0.3 is 0 Å². The second-order valence-electron chi connectivity index (χ2n) is 10.9. The maximum Gasteiger partial charge on any atom is 0.119 e. The van der Waals surface area contributed by atoms with E-state index in [0.717, 1.165) is 12.3 Å². The second kappa shape index (κ2) is 16.7. The largest absolute Gasteiger partial charge is 0.237 e. The smallest absolute Gasteiger partial charge is 0.119 e. The minimum atomic E-state index is 0.481. The van der Waals surface area contributed by atoms with Crippen LogP contribution < -0.4 is 0 Å². The summed E-state index contributed by atoms with van der Waals surface area (Å²) in [5, 5.41) is 3.48. The number of thiazole rings is 1. The molecule has 2 atom stereocenters. The molecule has 0 spiro atoms. The monoisotopic (exact) mass is 517 g/mol. The summed E-state index contributed by atoms with van der Waals surface area (Å²) in [6.45, 7) is 21.3. The lowest BCUT2D eigenvalue weighted by Gasteiger charge is -2.25. The first-order chi connectivity index (χ1) is 17.9. The molecule has 1 fully saturated rings. The van der Waals surface area contributed by atoms with Crippen LogP contribution in [0.3, 0.4) is 0 Å². The Bertz CT molecular complexity index is 1030. The zero-order valence-corrected chi connectivity index (χ0v) is 25.4. The van der Waals surface area contributed by atoms with E-state index in [-0.39, 0.29) is 0 Å². The predicted molar refractivity (Wildman–Crippen MR) is 168 cm³/mol. The van der Waals surface area contributed by atoms with Crippen molar-refractivity contribution in [1.82, 2.24) is 4.98 Å². The van der Waals surface area contributed by atoms with Gasteiger partial charge in [-0.1, -0.05) is 103 Å². The maximum absolute atomic E-state index is 5.13. The Morgan fingerprint density at radius 2 is 1.95 bits per heavy atom. The summed E-state index contributed by atoms with van der Waals surface area (Å²) in [5.41, 5.74) is 8.30. The third kappa shape index (κ3) is 9.30. The molecule has 1 aromatic rings. The molecule has 0 bridgehead atoms. The predicted octanol–water partition coefficient (Wildman–Crippen LogP) is 11.2. The minimum absolute atomic E-state index is 0.481. The van der Waals surface area contributed by atoms with Gasteiger partial charge in [-0.25, -0.2) is 4.98 Å². The molecular weight excluding hydrogens is 466 g/mol. The van der Waals surface area contributed by atoms with Crippen LogP contribution in [-0.2, 0) is 0 Å². The first-order valence-electron chi connectivity index (χ1n) is 14.6. The van der Waals surface area contributed by atoms with Crippen molar-refractivity contribution in [1.29, 1.82) is 0 Å². The number of aromatic nitrogens is 1. The van der Waals surface area contributed by atoms with Crippen LogP contribution in [0, 0.1) is 29.6 Å². The number of nitrogens with zero attached hydrogens (tertiary/aromatic N) is 1. The zero-order valence-electron chi connectivity index (χ0n) is 24.6. The van der Waals surface area contributed by atoms with Crippen molar-refractivity contribution < 1.29 is 0 Å². The van der Waals surface area contributed by atoms with Crippen molar-refractivity contribution in [3.8, 4) is 11.8 Å². The number of allylic oxidation sites excluding steroid dienone is 8. The molecule has 1 nitrogen and oxygen atoms in total. The van der Waals surface area contributed by atoms with Crippen LogP contribution >= 0.6 is 11.3 Å². The van der Waals surface area contributed by atoms with Crippen molar-refractivity contribution in [2.24, 2.45) is 17.8 Å². The van der Waals surface area contributed by atoms with Gasteiger partial charge in [-0.15, -0.1) is 17.3 Å². The molecule has 0 aromatic carbocycles. The van der Waals surface area contributed by atoms with Gasteiger partial charge in [0.1, 0.15) is 5.01 Å². The Kier molecular flexibility index (Phi) is 14.0.